The fourth-order valence-corrected chi connectivity index (χ4v) is 2.53. The van der Waals surface area contributed by atoms with Crippen LogP contribution in [-0.2, 0) is 13.1 Å². The normalized spacial score (nSPS) is 11.0. The van der Waals surface area contributed by atoms with Crippen LogP contribution in [0.1, 0.15) is 29.8 Å². The second-order valence-corrected chi connectivity index (χ2v) is 5.95. The standard InChI is InChI=1S/C19H28N4O3.HI/c1-7-20-19(21-11-18-22-13(2)14(3)26-18)23(4)12-15-8-9-16(24-5)10-17(15)25-6;/h8-10H,7,11-12H2,1-6H3,(H,20,21);1H. The Hall–Kier alpha value is -1.97. The number of nitrogens with one attached hydrogen (secondary N) is 1. The van der Waals surface area contributed by atoms with Gasteiger partial charge in [0.2, 0.25) is 5.89 Å². The van der Waals surface area contributed by atoms with Crippen LogP contribution < -0.4 is 14.8 Å². The summed E-state index contributed by atoms with van der Waals surface area (Å²) in [5, 5.41) is 3.30. The van der Waals surface area contributed by atoms with E-state index in [4.69, 9.17) is 13.9 Å². The molecule has 0 fully saturated rings. The van der Waals surface area contributed by atoms with Gasteiger partial charge in [-0.1, -0.05) is 0 Å². The van der Waals surface area contributed by atoms with Gasteiger partial charge in [-0.3, -0.25) is 0 Å². The molecule has 0 saturated carbocycles. The number of guanidine groups is 1. The second-order valence-electron chi connectivity index (χ2n) is 5.95. The van der Waals surface area contributed by atoms with E-state index in [2.05, 4.69) is 15.3 Å². The number of benzene rings is 1. The smallest absolute Gasteiger partial charge is 0.216 e. The Morgan fingerprint density at radius 3 is 2.56 bits per heavy atom. The summed E-state index contributed by atoms with van der Waals surface area (Å²) >= 11 is 0. The van der Waals surface area contributed by atoms with Gasteiger partial charge in [-0.2, -0.15) is 0 Å². The van der Waals surface area contributed by atoms with Gasteiger partial charge in [0.25, 0.3) is 0 Å². The molecule has 2 aromatic rings. The first-order valence-corrected chi connectivity index (χ1v) is 8.61. The van der Waals surface area contributed by atoms with Crippen molar-refractivity contribution < 1.29 is 13.9 Å². The van der Waals surface area contributed by atoms with E-state index < -0.39 is 0 Å². The third-order valence-electron chi connectivity index (χ3n) is 4.04. The van der Waals surface area contributed by atoms with Crippen molar-refractivity contribution in [3.8, 4) is 11.5 Å². The van der Waals surface area contributed by atoms with Gasteiger partial charge >= 0.3 is 0 Å². The molecule has 0 aliphatic carbocycles. The minimum absolute atomic E-state index is 0. The SMILES string of the molecule is CCNC(=NCc1nc(C)c(C)o1)N(C)Cc1ccc(OC)cc1OC.I. The Labute approximate surface area is 178 Å². The van der Waals surface area contributed by atoms with Crippen molar-refractivity contribution in [3.05, 3.63) is 41.1 Å². The van der Waals surface area contributed by atoms with Gasteiger partial charge in [0.05, 0.1) is 19.9 Å². The molecule has 0 spiro atoms. The molecule has 0 radical (unpaired) electrons. The first kappa shape index (κ1) is 23.1. The molecule has 8 heteroatoms. The van der Waals surface area contributed by atoms with Crippen molar-refractivity contribution in [2.75, 3.05) is 27.8 Å². The van der Waals surface area contributed by atoms with E-state index in [1.807, 2.05) is 50.9 Å². The van der Waals surface area contributed by atoms with Gasteiger partial charge < -0.3 is 24.1 Å². The van der Waals surface area contributed by atoms with Crippen molar-refractivity contribution in [2.45, 2.75) is 33.9 Å². The minimum Gasteiger partial charge on any atom is -0.497 e. The third kappa shape index (κ3) is 6.30. The number of aliphatic imine (C=N–C) groups is 1. The van der Waals surface area contributed by atoms with Crippen LogP contribution >= 0.6 is 24.0 Å². The van der Waals surface area contributed by atoms with Gasteiger partial charge in [0.15, 0.2) is 5.96 Å². The van der Waals surface area contributed by atoms with Crippen molar-refractivity contribution in [1.29, 1.82) is 0 Å². The lowest BCUT2D eigenvalue weighted by atomic mass is 10.2. The number of nitrogens with zero attached hydrogens (tertiary/aromatic N) is 3. The molecule has 1 aromatic carbocycles. The summed E-state index contributed by atoms with van der Waals surface area (Å²) in [4.78, 5) is 11.0. The van der Waals surface area contributed by atoms with E-state index in [0.717, 1.165) is 41.0 Å². The first-order chi connectivity index (χ1) is 12.5. The summed E-state index contributed by atoms with van der Waals surface area (Å²) in [6, 6.07) is 5.80. The molecule has 1 N–H and O–H groups in total. The Bertz CT molecular complexity index is 742. The molecule has 0 amide bonds. The van der Waals surface area contributed by atoms with Crippen molar-refractivity contribution in [3.63, 3.8) is 0 Å². The summed E-state index contributed by atoms with van der Waals surface area (Å²) in [5.41, 5.74) is 1.95. The van der Waals surface area contributed by atoms with Crippen LogP contribution in [0.4, 0.5) is 0 Å². The highest BCUT2D eigenvalue weighted by Crippen LogP contribution is 2.25. The van der Waals surface area contributed by atoms with Gasteiger partial charge in [-0.25, -0.2) is 9.98 Å². The van der Waals surface area contributed by atoms with Crippen LogP contribution in [-0.4, -0.2) is 43.7 Å². The predicted molar refractivity (Wildman–Crippen MR) is 117 cm³/mol. The summed E-state index contributed by atoms with van der Waals surface area (Å²) < 4.78 is 16.3. The number of aryl methyl sites for hydroxylation is 2. The van der Waals surface area contributed by atoms with Crippen LogP contribution in [0.2, 0.25) is 0 Å². The van der Waals surface area contributed by atoms with Crippen molar-refractivity contribution in [2.24, 2.45) is 4.99 Å². The Balaban J connectivity index is 0.00000364. The number of hydrogen-bond acceptors (Lipinski definition) is 5. The minimum atomic E-state index is 0. The number of hydrogen-bond donors (Lipinski definition) is 1. The molecule has 0 aliphatic heterocycles. The molecule has 0 bridgehead atoms. The van der Waals surface area contributed by atoms with Gasteiger partial charge in [-0.15, -0.1) is 24.0 Å². The molecule has 2 rings (SSSR count). The highest BCUT2D eigenvalue weighted by atomic mass is 127. The topological polar surface area (TPSA) is 72.1 Å². The summed E-state index contributed by atoms with van der Waals surface area (Å²) in [6.07, 6.45) is 0. The average molecular weight is 488 g/mol. The number of rotatable bonds is 7. The molecule has 1 aromatic heterocycles. The quantitative estimate of drug-likeness (QED) is 0.366. The maximum atomic E-state index is 5.60. The molecule has 1 heterocycles. The van der Waals surface area contributed by atoms with Gasteiger partial charge in [-0.05, 0) is 32.9 Å². The molecule has 27 heavy (non-hydrogen) atoms. The van der Waals surface area contributed by atoms with Crippen LogP contribution in [0.15, 0.2) is 27.6 Å². The zero-order valence-electron chi connectivity index (χ0n) is 16.8. The largest absolute Gasteiger partial charge is 0.497 e. The zero-order valence-corrected chi connectivity index (χ0v) is 19.2. The van der Waals surface area contributed by atoms with Crippen molar-refractivity contribution in [1.82, 2.24) is 15.2 Å². The molecule has 150 valence electrons. The van der Waals surface area contributed by atoms with Gasteiger partial charge in [0, 0.05) is 31.8 Å². The highest BCUT2D eigenvalue weighted by Gasteiger charge is 2.12. The highest BCUT2D eigenvalue weighted by molar-refractivity contribution is 14.0. The second kappa shape index (κ2) is 11.0. The van der Waals surface area contributed by atoms with Crippen LogP contribution in [0.3, 0.4) is 0 Å². The monoisotopic (exact) mass is 488 g/mol. The van der Waals surface area contributed by atoms with E-state index >= 15 is 0 Å². The predicted octanol–water partition coefficient (Wildman–Crippen LogP) is 3.52. The van der Waals surface area contributed by atoms with E-state index in [1.54, 1.807) is 14.2 Å². The number of aromatic nitrogens is 1. The molecule has 7 nitrogen and oxygen atoms in total. The molecule has 0 saturated heterocycles. The number of ether oxygens (including phenoxy) is 2. The lowest BCUT2D eigenvalue weighted by molar-refractivity contribution is 0.382. The number of halogens is 1. The lowest BCUT2D eigenvalue weighted by Crippen LogP contribution is -2.38. The number of methoxy groups -OCH3 is 2. The van der Waals surface area contributed by atoms with Crippen molar-refractivity contribution >= 4 is 29.9 Å². The molecular formula is C19H29IN4O3. The lowest BCUT2D eigenvalue weighted by Gasteiger charge is -2.23. The summed E-state index contributed by atoms with van der Waals surface area (Å²) in [7, 11) is 5.28. The maximum absolute atomic E-state index is 5.60. The van der Waals surface area contributed by atoms with E-state index in [-0.39, 0.29) is 24.0 Å². The number of oxazole rings is 1. The fraction of sp³-hybridized carbons (Fsp3) is 0.474. The first-order valence-electron chi connectivity index (χ1n) is 8.61. The molecule has 0 atom stereocenters. The molecule has 0 aliphatic rings. The average Bonchev–Trinajstić information content (AvgIpc) is 2.96. The summed E-state index contributed by atoms with van der Waals surface area (Å²) in [5.74, 6) is 3.77. The third-order valence-corrected chi connectivity index (χ3v) is 4.04. The van der Waals surface area contributed by atoms with Gasteiger partial charge in [0.1, 0.15) is 23.8 Å². The Morgan fingerprint density at radius 1 is 1.26 bits per heavy atom. The molecular weight excluding hydrogens is 459 g/mol. The zero-order chi connectivity index (χ0) is 19.1. The van der Waals surface area contributed by atoms with Crippen LogP contribution in [0.25, 0.3) is 0 Å². The fourth-order valence-electron chi connectivity index (χ4n) is 2.53. The van der Waals surface area contributed by atoms with Crippen LogP contribution in [0, 0.1) is 13.8 Å². The van der Waals surface area contributed by atoms with E-state index in [9.17, 15) is 0 Å². The van der Waals surface area contributed by atoms with E-state index in [1.165, 1.54) is 0 Å². The van der Waals surface area contributed by atoms with Crippen LogP contribution in [0.5, 0.6) is 11.5 Å². The van der Waals surface area contributed by atoms with E-state index in [0.29, 0.717) is 19.0 Å². The Kier molecular flexibility index (Phi) is 9.40. The molecule has 0 unspecified atom stereocenters. The summed E-state index contributed by atoms with van der Waals surface area (Å²) in [6.45, 7) is 7.68. The maximum Gasteiger partial charge on any atom is 0.216 e. The Morgan fingerprint density at radius 2 is 2.00 bits per heavy atom.